The van der Waals surface area contributed by atoms with E-state index in [0.717, 1.165) is 18.6 Å². The minimum atomic E-state index is -0.849. The maximum Gasteiger partial charge on any atom is 0.257 e. The summed E-state index contributed by atoms with van der Waals surface area (Å²) in [6.45, 7) is 2.56. The minimum absolute atomic E-state index is 0.278. The number of rotatable bonds is 3. The molecule has 0 aliphatic heterocycles. The predicted molar refractivity (Wildman–Crippen MR) is 63.7 cm³/mol. The Bertz CT molecular complexity index is 441. The molecular formula is C12H12BrF2NO. The van der Waals surface area contributed by atoms with Crippen molar-refractivity contribution in [2.24, 2.45) is 11.8 Å². The minimum Gasteiger partial charge on any atom is -0.352 e. The van der Waals surface area contributed by atoms with Gasteiger partial charge in [-0.05, 0) is 30.4 Å². The molecule has 1 aliphatic carbocycles. The van der Waals surface area contributed by atoms with Crippen LogP contribution in [0.15, 0.2) is 16.6 Å². The zero-order valence-corrected chi connectivity index (χ0v) is 10.9. The molecule has 0 bridgehead atoms. The van der Waals surface area contributed by atoms with Crippen LogP contribution in [0.25, 0.3) is 0 Å². The quantitative estimate of drug-likeness (QED) is 0.913. The highest BCUT2D eigenvalue weighted by molar-refractivity contribution is 9.10. The molecule has 0 spiro atoms. The highest BCUT2D eigenvalue weighted by Gasteiger charge is 2.32. The first-order valence-electron chi connectivity index (χ1n) is 5.41. The Morgan fingerprint density at radius 1 is 1.47 bits per heavy atom. The zero-order valence-electron chi connectivity index (χ0n) is 9.27. The largest absolute Gasteiger partial charge is 0.352 e. The fourth-order valence-corrected chi connectivity index (χ4v) is 2.16. The van der Waals surface area contributed by atoms with Crippen LogP contribution < -0.4 is 5.32 Å². The fourth-order valence-electron chi connectivity index (χ4n) is 1.75. The molecule has 2 unspecified atom stereocenters. The van der Waals surface area contributed by atoms with Gasteiger partial charge in [0, 0.05) is 11.0 Å². The Hall–Kier alpha value is -0.970. The number of benzene rings is 1. The summed E-state index contributed by atoms with van der Waals surface area (Å²) in [7, 11) is 0. The fraction of sp³-hybridized carbons (Fsp3) is 0.417. The maximum atomic E-state index is 13.4. The van der Waals surface area contributed by atoms with E-state index < -0.39 is 23.1 Å². The molecule has 2 nitrogen and oxygen atoms in total. The molecular weight excluding hydrogens is 292 g/mol. The first-order valence-corrected chi connectivity index (χ1v) is 6.21. The monoisotopic (exact) mass is 303 g/mol. The summed E-state index contributed by atoms with van der Waals surface area (Å²) in [5.41, 5.74) is -0.512. The molecule has 17 heavy (non-hydrogen) atoms. The third kappa shape index (κ3) is 2.83. The van der Waals surface area contributed by atoms with Crippen molar-refractivity contribution in [2.75, 3.05) is 6.54 Å². The first kappa shape index (κ1) is 12.5. The number of amides is 1. The standard InChI is InChI=1S/C12H12BrF2NO/c1-6-2-7(6)5-16-12(17)11-9(14)3-8(13)4-10(11)15/h3-4,6-7H,2,5H2,1H3,(H,16,17). The Morgan fingerprint density at radius 2 is 2.00 bits per heavy atom. The van der Waals surface area contributed by atoms with E-state index in [9.17, 15) is 13.6 Å². The van der Waals surface area contributed by atoms with Gasteiger partial charge >= 0.3 is 0 Å². The third-order valence-corrected chi connectivity index (χ3v) is 3.49. The van der Waals surface area contributed by atoms with Crippen molar-refractivity contribution in [1.82, 2.24) is 5.32 Å². The Labute approximate surface area is 107 Å². The van der Waals surface area contributed by atoms with E-state index in [2.05, 4.69) is 28.2 Å². The van der Waals surface area contributed by atoms with E-state index in [-0.39, 0.29) is 4.47 Å². The lowest BCUT2D eigenvalue weighted by atomic mass is 10.2. The summed E-state index contributed by atoms with van der Waals surface area (Å²) >= 11 is 2.96. The van der Waals surface area contributed by atoms with Gasteiger partial charge in [-0.3, -0.25) is 4.79 Å². The van der Waals surface area contributed by atoms with Crippen molar-refractivity contribution in [3.05, 3.63) is 33.8 Å². The molecule has 0 aromatic heterocycles. The number of nitrogens with one attached hydrogen (secondary N) is 1. The highest BCUT2D eigenvalue weighted by atomic mass is 79.9. The van der Waals surface area contributed by atoms with Crippen molar-refractivity contribution >= 4 is 21.8 Å². The highest BCUT2D eigenvalue weighted by Crippen LogP contribution is 2.36. The summed E-state index contributed by atoms with van der Waals surface area (Å²) in [5, 5.41) is 2.56. The van der Waals surface area contributed by atoms with E-state index in [0.29, 0.717) is 18.4 Å². The van der Waals surface area contributed by atoms with Crippen molar-refractivity contribution < 1.29 is 13.6 Å². The molecule has 0 heterocycles. The van der Waals surface area contributed by atoms with Gasteiger partial charge in [-0.15, -0.1) is 0 Å². The van der Waals surface area contributed by atoms with Crippen LogP contribution in [0, 0.1) is 23.5 Å². The van der Waals surface area contributed by atoms with Gasteiger partial charge in [0.15, 0.2) is 0 Å². The molecule has 1 N–H and O–H groups in total. The summed E-state index contributed by atoms with van der Waals surface area (Å²) in [5.74, 6) is -1.35. The Kier molecular flexibility index (Phi) is 3.47. The first-order chi connectivity index (χ1) is 7.99. The van der Waals surface area contributed by atoms with Gasteiger partial charge in [-0.25, -0.2) is 8.78 Å². The molecule has 2 atom stereocenters. The second kappa shape index (κ2) is 4.72. The summed E-state index contributed by atoms with van der Waals surface area (Å²) in [4.78, 5) is 11.6. The van der Waals surface area contributed by atoms with Gasteiger partial charge in [0.2, 0.25) is 0 Å². The van der Waals surface area contributed by atoms with Crippen LogP contribution in [0.3, 0.4) is 0 Å². The van der Waals surface area contributed by atoms with E-state index >= 15 is 0 Å². The molecule has 2 rings (SSSR count). The average Bonchev–Trinajstić information content (AvgIpc) is 2.90. The van der Waals surface area contributed by atoms with Crippen molar-refractivity contribution in [1.29, 1.82) is 0 Å². The van der Waals surface area contributed by atoms with Crippen LogP contribution in [0.5, 0.6) is 0 Å². The third-order valence-electron chi connectivity index (χ3n) is 3.03. The van der Waals surface area contributed by atoms with E-state index in [1.165, 1.54) is 0 Å². The Morgan fingerprint density at radius 3 is 2.47 bits per heavy atom. The number of carbonyl (C=O) groups excluding carboxylic acids is 1. The summed E-state index contributed by atoms with van der Waals surface area (Å²) in [6.07, 6.45) is 1.06. The molecule has 1 aliphatic rings. The lowest BCUT2D eigenvalue weighted by Gasteiger charge is -2.07. The van der Waals surface area contributed by atoms with Crippen molar-refractivity contribution in [3.8, 4) is 0 Å². The molecule has 1 aromatic carbocycles. The lowest BCUT2D eigenvalue weighted by Crippen LogP contribution is -2.27. The van der Waals surface area contributed by atoms with Gasteiger partial charge in [0.1, 0.15) is 17.2 Å². The number of carbonyl (C=O) groups is 1. The van der Waals surface area contributed by atoms with Crippen molar-refractivity contribution in [3.63, 3.8) is 0 Å². The van der Waals surface area contributed by atoms with Gasteiger partial charge in [-0.2, -0.15) is 0 Å². The van der Waals surface area contributed by atoms with E-state index in [1.807, 2.05) is 0 Å². The molecule has 1 amide bonds. The van der Waals surface area contributed by atoms with E-state index in [1.54, 1.807) is 0 Å². The maximum absolute atomic E-state index is 13.4. The number of halogens is 3. The molecule has 0 saturated heterocycles. The van der Waals surface area contributed by atoms with Crippen LogP contribution >= 0.6 is 15.9 Å². The van der Waals surface area contributed by atoms with Gasteiger partial charge in [0.25, 0.3) is 5.91 Å². The van der Waals surface area contributed by atoms with Crippen LogP contribution in [-0.2, 0) is 0 Å². The number of hydrogen-bond acceptors (Lipinski definition) is 1. The SMILES string of the molecule is CC1CC1CNC(=O)c1c(F)cc(Br)cc1F. The van der Waals surface area contributed by atoms with Crippen LogP contribution in [-0.4, -0.2) is 12.5 Å². The predicted octanol–water partition coefficient (Wildman–Crippen LogP) is 3.11. The van der Waals surface area contributed by atoms with Gasteiger partial charge in [0.05, 0.1) is 0 Å². The molecule has 1 aromatic rings. The average molecular weight is 304 g/mol. The zero-order chi connectivity index (χ0) is 12.6. The number of hydrogen-bond donors (Lipinski definition) is 1. The summed E-state index contributed by atoms with van der Waals surface area (Å²) < 4.78 is 27.2. The molecule has 92 valence electrons. The second-order valence-electron chi connectivity index (χ2n) is 4.43. The van der Waals surface area contributed by atoms with Crippen LogP contribution in [0.1, 0.15) is 23.7 Å². The smallest absolute Gasteiger partial charge is 0.257 e. The lowest BCUT2D eigenvalue weighted by molar-refractivity contribution is 0.0943. The van der Waals surface area contributed by atoms with Crippen LogP contribution in [0.2, 0.25) is 0 Å². The van der Waals surface area contributed by atoms with Gasteiger partial charge in [-0.1, -0.05) is 22.9 Å². The molecule has 1 saturated carbocycles. The van der Waals surface area contributed by atoms with E-state index in [4.69, 9.17) is 0 Å². The molecule has 1 fully saturated rings. The topological polar surface area (TPSA) is 29.1 Å². The molecule has 5 heteroatoms. The van der Waals surface area contributed by atoms with Crippen molar-refractivity contribution in [2.45, 2.75) is 13.3 Å². The summed E-state index contributed by atoms with van der Waals surface area (Å²) in [6, 6.07) is 2.16. The second-order valence-corrected chi connectivity index (χ2v) is 5.34. The van der Waals surface area contributed by atoms with Crippen LogP contribution in [0.4, 0.5) is 8.78 Å². The normalized spacial score (nSPS) is 22.4. The van der Waals surface area contributed by atoms with Gasteiger partial charge < -0.3 is 5.32 Å². The Balaban J connectivity index is 2.08. The molecule has 0 radical (unpaired) electrons.